The van der Waals surface area contributed by atoms with Crippen molar-refractivity contribution in [3.05, 3.63) is 268 Å². The van der Waals surface area contributed by atoms with Crippen molar-refractivity contribution in [3.63, 3.8) is 0 Å². The number of hydrogen-bond acceptors (Lipinski definition) is 2. The quantitative estimate of drug-likeness (QED) is 0.174. The summed E-state index contributed by atoms with van der Waals surface area (Å²) in [5, 5.41) is 2.48. The van der Waals surface area contributed by atoms with Crippen molar-refractivity contribution in [2.75, 3.05) is 0 Å². The highest BCUT2D eigenvalue weighted by molar-refractivity contribution is 6.10. The van der Waals surface area contributed by atoms with Gasteiger partial charge in [-0.25, -0.2) is 0 Å². The van der Waals surface area contributed by atoms with Gasteiger partial charge < -0.3 is 4.57 Å². The maximum absolute atomic E-state index is 5.46. The zero-order valence-electron chi connectivity index (χ0n) is 36.5. The first-order chi connectivity index (χ1) is 32.5. The van der Waals surface area contributed by atoms with Crippen molar-refractivity contribution in [3.8, 4) is 50.5 Å². The third-order valence-electron chi connectivity index (χ3n) is 16.0. The molecule has 0 bridgehead atoms. The van der Waals surface area contributed by atoms with Gasteiger partial charge in [-0.3, -0.25) is 9.97 Å². The zero-order chi connectivity index (χ0) is 43.5. The molecule has 66 heavy (non-hydrogen) atoms. The lowest BCUT2D eigenvalue weighted by atomic mass is 9.55. The van der Waals surface area contributed by atoms with Crippen LogP contribution in [-0.2, 0) is 16.2 Å². The molecule has 3 aromatic heterocycles. The molecular weight excluding hydrogens is 799 g/mol. The van der Waals surface area contributed by atoms with Crippen LogP contribution in [0.15, 0.2) is 213 Å². The Morgan fingerprint density at radius 2 is 0.924 bits per heavy atom. The molecule has 0 amide bonds. The van der Waals surface area contributed by atoms with Crippen LogP contribution in [-0.4, -0.2) is 14.5 Å². The van der Waals surface area contributed by atoms with E-state index in [0.29, 0.717) is 0 Å². The van der Waals surface area contributed by atoms with Crippen LogP contribution < -0.4 is 0 Å². The molecule has 0 fully saturated rings. The number of pyridine rings is 2. The van der Waals surface area contributed by atoms with Gasteiger partial charge in [0.2, 0.25) is 0 Å². The van der Waals surface area contributed by atoms with Gasteiger partial charge in [-0.1, -0.05) is 172 Å². The lowest BCUT2D eigenvalue weighted by molar-refractivity contribution is 0.561. The SMILES string of the molecule is CC1(C)c2ccccc2C2(c3cc4c(cc31)C1(c3ccccc3-c3ccccc31)c1ccccc1-4)c1cccnc1-c1ncc(-c3ccc4c5ccccc5n(-c5ccccc5)c4c3)cc12. The fourth-order valence-corrected chi connectivity index (χ4v) is 13.3. The molecule has 2 spiro atoms. The molecule has 0 radical (unpaired) electrons. The summed E-state index contributed by atoms with van der Waals surface area (Å²) < 4.78 is 2.40. The van der Waals surface area contributed by atoms with Gasteiger partial charge in [-0.2, -0.15) is 0 Å². The predicted molar refractivity (Wildman–Crippen MR) is 268 cm³/mol. The van der Waals surface area contributed by atoms with Gasteiger partial charge in [-0.05, 0) is 120 Å². The minimum Gasteiger partial charge on any atom is -0.309 e. The van der Waals surface area contributed by atoms with Crippen LogP contribution in [0.25, 0.3) is 72.3 Å². The van der Waals surface area contributed by atoms with Crippen LogP contribution in [0.4, 0.5) is 0 Å². The van der Waals surface area contributed by atoms with Crippen LogP contribution in [0.3, 0.4) is 0 Å². The Morgan fingerprint density at radius 3 is 1.67 bits per heavy atom. The van der Waals surface area contributed by atoms with E-state index < -0.39 is 10.8 Å². The molecule has 1 atom stereocenters. The third-order valence-corrected chi connectivity index (χ3v) is 16.0. The summed E-state index contributed by atoms with van der Waals surface area (Å²) >= 11 is 0. The van der Waals surface area contributed by atoms with E-state index in [1.807, 2.05) is 6.20 Å². The van der Waals surface area contributed by atoms with E-state index in [9.17, 15) is 0 Å². The number of benzene rings is 8. The average molecular weight is 840 g/mol. The summed E-state index contributed by atoms with van der Waals surface area (Å²) in [5.41, 5.74) is 24.5. The fourth-order valence-electron chi connectivity index (χ4n) is 13.3. The molecule has 11 aromatic rings. The monoisotopic (exact) mass is 839 g/mol. The number of rotatable bonds is 2. The normalized spacial score (nSPS) is 16.9. The molecule has 308 valence electrons. The molecule has 0 saturated carbocycles. The van der Waals surface area contributed by atoms with Crippen molar-refractivity contribution >= 4 is 21.8 Å². The molecule has 4 aliphatic carbocycles. The minimum absolute atomic E-state index is 0.328. The van der Waals surface area contributed by atoms with Crippen molar-refractivity contribution < 1.29 is 0 Å². The summed E-state index contributed by atoms with van der Waals surface area (Å²) in [6.07, 6.45) is 4.01. The van der Waals surface area contributed by atoms with Crippen molar-refractivity contribution in [2.24, 2.45) is 0 Å². The lowest BCUT2D eigenvalue weighted by Crippen LogP contribution is -2.41. The Morgan fingerprint density at radius 1 is 0.348 bits per heavy atom. The molecular formula is C63H41N3. The van der Waals surface area contributed by atoms with E-state index in [2.05, 4.69) is 225 Å². The average Bonchev–Trinajstić information content (AvgIpc) is 4.06. The van der Waals surface area contributed by atoms with Gasteiger partial charge in [0.05, 0.1) is 33.3 Å². The Kier molecular flexibility index (Phi) is 6.89. The number of aromatic nitrogens is 3. The Balaban J connectivity index is 1.04. The van der Waals surface area contributed by atoms with E-state index in [1.165, 1.54) is 99.7 Å². The van der Waals surface area contributed by atoms with Crippen molar-refractivity contribution in [2.45, 2.75) is 30.1 Å². The topological polar surface area (TPSA) is 30.7 Å². The molecule has 0 saturated heterocycles. The second-order valence-electron chi connectivity index (χ2n) is 19.2. The minimum atomic E-state index is -0.683. The van der Waals surface area contributed by atoms with Crippen LogP contribution in [0.1, 0.15) is 69.5 Å². The standard InChI is InChI=1S/C63H41N3/c1-61(2)50-26-13-14-27-51(50)63(55-35-46-43-21-8-12-25-49(43)62(53(46)36-54(55)61)47-23-10-6-19-41(47)42-20-7-11-24-48(42)62)52-28-16-32-64-59(52)60-56(63)33-39(37-65-60)38-30-31-45-44-22-9-15-29-57(44)66(58(45)34-38)40-17-4-3-5-18-40/h3-37H,1-2H3. The van der Waals surface area contributed by atoms with Gasteiger partial charge in [0.1, 0.15) is 0 Å². The molecule has 4 aliphatic rings. The van der Waals surface area contributed by atoms with Crippen LogP contribution >= 0.6 is 0 Å². The van der Waals surface area contributed by atoms with E-state index in [4.69, 9.17) is 9.97 Å². The predicted octanol–water partition coefficient (Wildman–Crippen LogP) is 14.6. The first-order valence-electron chi connectivity index (χ1n) is 23.1. The highest BCUT2D eigenvalue weighted by Crippen LogP contribution is 2.67. The molecule has 3 nitrogen and oxygen atoms in total. The smallest absolute Gasteiger partial charge is 0.0937 e. The van der Waals surface area contributed by atoms with E-state index in [-0.39, 0.29) is 5.41 Å². The van der Waals surface area contributed by atoms with Crippen LogP contribution in [0.5, 0.6) is 0 Å². The Hall–Kier alpha value is -8.14. The van der Waals surface area contributed by atoms with Crippen molar-refractivity contribution in [1.29, 1.82) is 0 Å². The third kappa shape index (κ3) is 4.21. The number of para-hydroxylation sites is 2. The van der Waals surface area contributed by atoms with Gasteiger partial charge in [0.15, 0.2) is 0 Å². The van der Waals surface area contributed by atoms with E-state index in [0.717, 1.165) is 28.2 Å². The number of nitrogens with zero attached hydrogens (tertiary/aromatic N) is 3. The largest absolute Gasteiger partial charge is 0.309 e. The molecule has 1 unspecified atom stereocenters. The molecule has 15 rings (SSSR count). The van der Waals surface area contributed by atoms with Gasteiger partial charge in [0.25, 0.3) is 0 Å². The second-order valence-corrected chi connectivity index (χ2v) is 19.2. The summed E-state index contributed by atoms with van der Waals surface area (Å²) in [6, 6.07) is 75.2. The Labute approximate surface area is 383 Å². The first-order valence-corrected chi connectivity index (χ1v) is 23.1. The first kappa shape index (κ1) is 36.2. The summed E-state index contributed by atoms with van der Waals surface area (Å²) in [5.74, 6) is 0. The summed E-state index contributed by atoms with van der Waals surface area (Å²) in [7, 11) is 0. The number of hydrogen-bond donors (Lipinski definition) is 0. The van der Waals surface area contributed by atoms with Gasteiger partial charge >= 0.3 is 0 Å². The van der Waals surface area contributed by atoms with Gasteiger partial charge in [-0.15, -0.1) is 0 Å². The fraction of sp³-hybridized carbons (Fsp3) is 0.0794. The Bertz CT molecular complexity index is 3880. The molecule has 0 aliphatic heterocycles. The zero-order valence-corrected chi connectivity index (χ0v) is 36.5. The highest BCUT2D eigenvalue weighted by Gasteiger charge is 2.57. The number of fused-ring (bicyclic) bond motifs is 22. The lowest BCUT2D eigenvalue weighted by Gasteiger charge is -2.47. The summed E-state index contributed by atoms with van der Waals surface area (Å²) in [4.78, 5) is 10.7. The maximum atomic E-state index is 5.46. The van der Waals surface area contributed by atoms with E-state index >= 15 is 0 Å². The highest BCUT2D eigenvalue weighted by atomic mass is 15.0. The van der Waals surface area contributed by atoms with E-state index in [1.54, 1.807) is 0 Å². The second kappa shape index (κ2) is 12.6. The van der Waals surface area contributed by atoms with Crippen LogP contribution in [0, 0.1) is 0 Å². The maximum Gasteiger partial charge on any atom is 0.0937 e. The molecule has 3 heteroatoms. The molecule has 8 aromatic carbocycles. The summed E-state index contributed by atoms with van der Waals surface area (Å²) in [6.45, 7) is 4.87. The molecule has 0 N–H and O–H groups in total. The molecule has 3 heterocycles. The van der Waals surface area contributed by atoms with Gasteiger partial charge in [0, 0.05) is 45.4 Å². The van der Waals surface area contributed by atoms with Crippen LogP contribution in [0.2, 0.25) is 0 Å². The van der Waals surface area contributed by atoms with Crippen molar-refractivity contribution in [1.82, 2.24) is 14.5 Å².